The van der Waals surface area contributed by atoms with Gasteiger partial charge in [0, 0.05) is 17.5 Å². The van der Waals surface area contributed by atoms with E-state index in [-0.39, 0.29) is 0 Å². The van der Waals surface area contributed by atoms with Crippen LogP contribution in [0.5, 0.6) is 5.75 Å². The maximum Gasteiger partial charge on any atom is 0.377 e. The van der Waals surface area contributed by atoms with Gasteiger partial charge in [0.1, 0.15) is 11.4 Å². The van der Waals surface area contributed by atoms with Crippen LogP contribution in [0.3, 0.4) is 0 Å². The Morgan fingerprint density at radius 1 is 1.04 bits per heavy atom. The van der Waals surface area contributed by atoms with E-state index in [1.54, 1.807) is 13.0 Å². The van der Waals surface area contributed by atoms with Crippen LogP contribution in [0.15, 0.2) is 18.2 Å². The van der Waals surface area contributed by atoms with Crippen LogP contribution in [0.25, 0.3) is 0 Å². The Hall–Kier alpha value is -1.26. The number of rotatable bonds is 3. The van der Waals surface area contributed by atoms with E-state index in [9.17, 15) is 9.90 Å². The highest BCUT2D eigenvalue weighted by molar-refractivity contribution is 6.30. The fraction of sp³-hybridized carbons (Fsp3) is 0.682. The summed E-state index contributed by atoms with van der Waals surface area (Å²) in [5, 5.41) is 10.6. The molecule has 1 heterocycles. The van der Waals surface area contributed by atoms with Gasteiger partial charge in [-0.05, 0) is 55.7 Å². The fourth-order valence-electron chi connectivity index (χ4n) is 5.59. The topological polar surface area (TPSA) is 55.8 Å². The van der Waals surface area contributed by atoms with Gasteiger partial charge in [-0.15, -0.1) is 0 Å². The van der Waals surface area contributed by atoms with E-state index in [2.05, 4.69) is 0 Å². The quantitative estimate of drug-likeness (QED) is 0.695. The zero-order valence-electron chi connectivity index (χ0n) is 16.0. The van der Waals surface area contributed by atoms with Crippen LogP contribution in [0.1, 0.15) is 76.7 Å². The highest BCUT2D eigenvalue weighted by Gasteiger charge is 2.58. The summed E-state index contributed by atoms with van der Waals surface area (Å²) in [5.41, 5.74) is 0.333. The maximum atomic E-state index is 12.1. The predicted octanol–water partition coefficient (Wildman–Crippen LogP) is 5.91. The fourth-order valence-corrected chi connectivity index (χ4v) is 5.77. The molecule has 2 aliphatic carbocycles. The van der Waals surface area contributed by atoms with E-state index in [4.69, 9.17) is 21.1 Å². The first-order chi connectivity index (χ1) is 13.0. The number of carboxylic acids is 1. The molecular weight excluding hydrogens is 364 g/mol. The van der Waals surface area contributed by atoms with E-state index in [0.717, 1.165) is 31.2 Å². The number of fused-ring (bicyclic) bond motifs is 1. The number of carbonyl (C=O) groups is 1. The summed E-state index contributed by atoms with van der Waals surface area (Å²) in [6.07, 6.45) is 11.4. The normalized spacial score (nSPS) is 29.0. The maximum absolute atomic E-state index is 12.1. The molecule has 148 valence electrons. The molecule has 0 amide bonds. The molecule has 0 aromatic heterocycles. The SMILES string of the molecule is CC1(C(=O)O)Oc2ccc(Cl)cc2C(C2CCCCC2)(C2CCCCC2)O1. The minimum absolute atomic E-state index is 0.300. The van der Waals surface area contributed by atoms with Crippen molar-refractivity contribution < 1.29 is 19.4 Å². The van der Waals surface area contributed by atoms with Crippen LogP contribution in [-0.4, -0.2) is 16.9 Å². The Balaban J connectivity index is 1.90. The Morgan fingerprint density at radius 2 is 1.59 bits per heavy atom. The zero-order chi connectivity index (χ0) is 19.1. The third-order valence-corrected chi connectivity index (χ3v) is 7.08. The van der Waals surface area contributed by atoms with Crippen molar-refractivity contribution in [2.45, 2.75) is 82.5 Å². The number of halogens is 1. The van der Waals surface area contributed by atoms with E-state index >= 15 is 0 Å². The Bertz CT molecular complexity index is 688. The van der Waals surface area contributed by atoms with Gasteiger partial charge in [-0.3, -0.25) is 0 Å². The minimum Gasteiger partial charge on any atom is -0.476 e. The van der Waals surface area contributed by atoms with Gasteiger partial charge in [0.15, 0.2) is 0 Å². The molecule has 4 rings (SSSR count). The van der Waals surface area contributed by atoms with E-state index < -0.39 is 17.4 Å². The van der Waals surface area contributed by atoms with Crippen molar-refractivity contribution >= 4 is 17.6 Å². The second-order valence-electron chi connectivity index (χ2n) is 8.56. The molecule has 1 unspecified atom stereocenters. The van der Waals surface area contributed by atoms with Gasteiger partial charge in [0.25, 0.3) is 0 Å². The summed E-state index contributed by atoms with van der Waals surface area (Å²) >= 11 is 6.39. The average Bonchev–Trinajstić information content (AvgIpc) is 2.69. The number of hydrogen-bond donors (Lipinski definition) is 1. The van der Waals surface area contributed by atoms with Crippen molar-refractivity contribution in [3.63, 3.8) is 0 Å². The van der Waals surface area contributed by atoms with Gasteiger partial charge in [-0.2, -0.15) is 0 Å². The van der Waals surface area contributed by atoms with Crippen LogP contribution in [0, 0.1) is 11.8 Å². The molecule has 3 aliphatic rings. The van der Waals surface area contributed by atoms with Crippen molar-refractivity contribution in [1.82, 2.24) is 0 Å². The standard InChI is InChI=1S/C22H29ClO4/c1-21(20(24)25)26-19-13-12-17(23)14-18(19)22(27-21,15-8-4-2-5-9-15)16-10-6-3-7-11-16/h12-16H,2-11H2,1H3,(H,24,25). The number of hydrogen-bond acceptors (Lipinski definition) is 3. The van der Waals surface area contributed by atoms with Crippen molar-refractivity contribution in [3.05, 3.63) is 28.8 Å². The molecule has 0 saturated heterocycles. The summed E-state index contributed by atoms with van der Waals surface area (Å²) in [7, 11) is 0. The Labute approximate surface area is 166 Å². The number of aliphatic carboxylic acids is 1. The van der Waals surface area contributed by atoms with Crippen LogP contribution in [0.4, 0.5) is 0 Å². The van der Waals surface area contributed by atoms with Crippen LogP contribution < -0.4 is 4.74 Å². The van der Waals surface area contributed by atoms with Crippen molar-refractivity contribution in [3.8, 4) is 5.75 Å². The third-order valence-electron chi connectivity index (χ3n) is 6.84. The molecule has 0 bridgehead atoms. The van der Waals surface area contributed by atoms with Crippen molar-refractivity contribution in [2.75, 3.05) is 0 Å². The first kappa shape index (κ1) is 19.1. The minimum atomic E-state index is -1.67. The molecule has 0 spiro atoms. The summed E-state index contributed by atoms with van der Waals surface area (Å²) in [6, 6.07) is 5.56. The molecule has 0 radical (unpaired) electrons. The van der Waals surface area contributed by atoms with Crippen molar-refractivity contribution in [1.29, 1.82) is 0 Å². The van der Waals surface area contributed by atoms with Gasteiger partial charge in [0.05, 0.1) is 0 Å². The smallest absolute Gasteiger partial charge is 0.377 e. The van der Waals surface area contributed by atoms with Crippen LogP contribution >= 0.6 is 11.6 Å². The van der Waals surface area contributed by atoms with Crippen molar-refractivity contribution in [2.24, 2.45) is 11.8 Å². The van der Waals surface area contributed by atoms with Gasteiger partial charge in [-0.1, -0.05) is 50.1 Å². The second kappa shape index (κ2) is 7.29. The molecule has 4 nitrogen and oxygen atoms in total. The summed E-state index contributed by atoms with van der Waals surface area (Å²) in [6.45, 7) is 1.55. The Morgan fingerprint density at radius 3 is 2.11 bits per heavy atom. The van der Waals surface area contributed by atoms with Gasteiger partial charge in [-0.25, -0.2) is 4.79 Å². The molecule has 1 aromatic rings. The monoisotopic (exact) mass is 392 g/mol. The van der Waals surface area contributed by atoms with E-state index in [1.165, 1.54) is 38.5 Å². The number of ether oxygens (including phenoxy) is 2. The lowest BCUT2D eigenvalue weighted by atomic mass is 9.62. The highest BCUT2D eigenvalue weighted by atomic mass is 35.5. The number of carboxylic acid groups (broad SMARTS) is 1. The summed E-state index contributed by atoms with van der Waals surface area (Å²) < 4.78 is 12.5. The molecule has 1 aliphatic heterocycles. The summed E-state index contributed by atoms with van der Waals surface area (Å²) in [4.78, 5) is 12.1. The molecule has 1 N–H and O–H groups in total. The third kappa shape index (κ3) is 3.25. The lowest BCUT2D eigenvalue weighted by Crippen LogP contribution is -2.59. The lowest BCUT2D eigenvalue weighted by Gasteiger charge is -2.54. The first-order valence-electron chi connectivity index (χ1n) is 10.4. The number of benzene rings is 1. The Kier molecular flexibility index (Phi) is 5.15. The van der Waals surface area contributed by atoms with E-state index in [0.29, 0.717) is 22.6 Å². The van der Waals surface area contributed by atoms with Crippen LogP contribution in [-0.2, 0) is 15.1 Å². The average molecular weight is 393 g/mol. The molecule has 1 atom stereocenters. The predicted molar refractivity (Wildman–Crippen MR) is 104 cm³/mol. The first-order valence-corrected chi connectivity index (χ1v) is 10.8. The van der Waals surface area contributed by atoms with Gasteiger partial charge in [0.2, 0.25) is 0 Å². The van der Waals surface area contributed by atoms with Gasteiger partial charge < -0.3 is 14.6 Å². The van der Waals surface area contributed by atoms with E-state index in [1.807, 2.05) is 12.1 Å². The second-order valence-corrected chi connectivity index (χ2v) is 8.99. The molecule has 1 aromatic carbocycles. The van der Waals surface area contributed by atoms with Gasteiger partial charge >= 0.3 is 11.8 Å². The highest BCUT2D eigenvalue weighted by Crippen LogP contribution is 2.58. The lowest BCUT2D eigenvalue weighted by molar-refractivity contribution is -0.296. The molecule has 27 heavy (non-hydrogen) atoms. The summed E-state index contributed by atoms with van der Waals surface area (Å²) in [5.74, 6) is -1.52. The molecule has 5 heteroatoms. The molecule has 2 fully saturated rings. The molecular formula is C22H29ClO4. The van der Waals surface area contributed by atoms with Crippen LogP contribution in [0.2, 0.25) is 5.02 Å². The largest absolute Gasteiger partial charge is 0.476 e. The zero-order valence-corrected chi connectivity index (χ0v) is 16.8. The molecule has 2 saturated carbocycles.